The van der Waals surface area contributed by atoms with Gasteiger partial charge in [0.2, 0.25) is 0 Å². The fraction of sp³-hybridized carbons (Fsp3) is 0.579. The monoisotopic (exact) mass is 364 g/mol. The number of fused-ring (bicyclic) bond motifs is 1. The summed E-state index contributed by atoms with van der Waals surface area (Å²) in [7, 11) is 0. The predicted octanol–water partition coefficient (Wildman–Crippen LogP) is 3.77. The number of rotatable bonds is 2. The van der Waals surface area contributed by atoms with Gasteiger partial charge in [0.1, 0.15) is 5.60 Å². The molecule has 2 aliphatic heterocycles. The third-order valence-corrected chi connectivity index (χ3v) is 4.99. The van der Waals surface area contributed by atoms with E-state index in [1.807, 2.05) is 26.8 Å². The van der Waals surface area contributed by atoms with Gasteiger partial charge >= 0.3 is 6.09 Å². The number of nitrogens with zero attached hydrogens (tertiary/aromatic N) is 1. The minimum Gasteiger partial charge on any atom is -0.444 e. The second-order valence-corrected chi connectivity index (χ2v) is 8.32. The highest BCUT2D eigenvalue weighted by Crippen LogP contribution is 2.29. The highest BCUT2D eigenvalue weighted by atomic mass is 35.5. The van der Waals surface area contributed by atoms with E-state index in [0.717, 1.165) is 43.5 Å². The van der Waals surface area contributed by atoms with Crippen molar-refractivity contribution in [2.45, 2.75) is 52.2 Å². The zero-order valence-electron chi connectivity index (χ0n) is 15.0. The molecular formula is C19H25ClN2O3. The second-order valence-electron chi connectivity index (χ2n) is 7.91. The third kappa shape index (κ3) is 4.27. The predicted molar refractivity (Wildman–Crippen MR) is 96.9 cm³/mol. The van der Waals surface area contributed by atoms with Crippen LogP contribution in [0.5, 0.6) is 0 Å². The molecule has 0 radical (unpaired) electrons. The molecule has 2 heterocycles. The molecule has 25 heavy (non-hydrogen) atoms. The van der Waals surface area contributed by atoms with E-state index in [1.54, 1.807) is 4.90 Å². The summed E-state index contributed by atoms with van der Waals surface area (Å²) in [6.45, 7) is 7.65. The van der Waals surface area contributed by atoms with E-state index >= 15 is 0 Å². The van der Waals surface area contributed by atoms with Gasteiger partial charge in [0, 0.05) is 19.6 Å². The van der Waals surface area contributed by atoms with Gasteiger partial charge in [-0.25, -0.2) is 4.79 Å². The summed E-state index contributed by atoms with van der Waals surface area (Å²) in [5.74, 6) is 0.426. The van der Waals surface area contributed by atoms with Crippen LogP contribution in [0.1, 0.15) is 55.1 Å². The number of likely N-dealkylation sites (tertiary alicyclic amines) is 1. The first-order valence-electron chi connectivity index (χ1n) is 8.80. The molecule has 0 aliphatic carbocycles. The highest BCUT2D eigenvalue weighted by molar-refractivity contribution is 6.34. The lowest BCUT2D eigenvalue weighted by molar-refractivity contribution is 0.0184. The number of piperidine rings is 1. The first-order valence-corrected chi connectivity index (χ1v) is 9.18. The Hall–Kier alpha value is -1.75. The number of amides is 2. The molecule has 1 fully saturated rings. The molecule has 2 aliphatic rings. The fourth-order valence-corrected chi connectivity index (χ4v) is 3.83. The van der Waals surface area contributed by atoms with Crippen LogP contribution in [0.2, 0.25) is 5.02 Å². The molecule has 3 rings (SSSR count). The number of benzene rings is 1. The van der Waals surface area contributed by atoms with Crippen LogP contribution in [0.4, 0.5) is 4.79 Å². The summed E-state index contributed by atoms with van der Waals surface area (Å²) in [5, 5.41) is 3.35. The molecule has 0 bridgehead atoms. The van der Waals surface area contributed by atoms with Crippen molar-refractivity contribution in [3.63, 3.8) is 0 Å². The molecule has 0 saturated carbocycles. The zero-order chi connectivity index (χ0) is 18.2. The molecule has 0 aromatic heterocycles. The van der Waals surface area contributed by atoms with Crippen LogP contribution in [0.15, 0.2) is 12.1 Å². The van der Waals surface area contributed by atoms with Gasteiger partial charge in [-0.15, -0.1) is 0 Å². The lowest BCUT2D eigenvalue weighted by Gasteiger charge is -2.33. The number of ether oxygens (including phenoxy) is 1. The average molecular weight is 365 g/mol. The molecular weight excluding hydrogens is 340 g/mol. The van der Waals surface area contributed by atoms with Gasteiger partial charge in [0.05, 0.1) is 10.6 Å². The first-order chi connectivity index (χ1) is 11.7. The van der Waals surface area contributed by atoms with Crippen molar-refractivity contribution in [1.82, 2.24) is 10.2 Å². The molecule has 1 aromatic rings. The number of nitrogens with one attached hydrogen (secondary N) is 1. The Balaban J connectivity index is 1.57. The molecule has 0 spiro atoms. The summed E-state index contributed by atoms with van der Waals surface area (Å²) in [4.78, 5) is 25.7. The van der Waals surface area contributed by atoms with Crippen LogP contribution in [0.25, 0.3) is 0 Å². The standard InChI is InChI=1S/C19H25ClN2O3/c1-19(2,3)25-18(24)22-6-4-12(5-7-22)8-13-9-14-11-21-17(23)16(14)15(20)10-13/h9-10,12H,4-8,11H2,1-3H3,(H,21,23). The largest absolute Gasteiger partial charge is 0.444 e. The smallest absolute Gasteiger partial charge is 0.410 e. The minimum atomic E-state index is -0.458. The van der Waals surface area contributed by atoms with Crippen LogP contribution in [0, 0.1) is 5.92 Å². The van der Waals surface area contributed by atoms with Crippen LogP contribution >= 0.6 is 11.6 Å². The third-order valence-electron chi connectivity index (χ3n) is 4.69. The van der Waals surface area contributed by atoms with Crippen LogP contribution < -0.4 is 5.32 Å². The van der Waals surface area contributed by atoms with E-state index in [9.17, 15) is 9.59 Å². The molecule has 1 N–H and O–H groups in total. The maximum absolute atomic E-state index is 12.1. The van der Waals surface area contributed by atoms with Crippen LogP contribution in [-0.4, -0.2) is 35.6 Å². The fourth-order valence-electron chi connectivity index (χ4n) is 3.48. The second kappa shape index (κ2) is 6.87. The SMILES string of the molecule is CC(C)(C)OC(=O)N1CCC(Cc2cc(Cl)c3c(c2)CNC3=O)CC1. The summed E-state index contributed by atoms with van der Waals surface area (Å²) in [5.41, 5.74) is 2.31. The van der Waals surface area contributed by atoms with E-state index < -0.39 is 5.60 Å². The van der Waals surface area contributed by atoms with Gasteiger partial charge in [0.25, 0.3) is 5.91 Å². The number of carbonyl (C=O) groups is 2. The molecule has 5 nitrogen and oxygen atoms in total. The molecule has 6 heteroatoms. The van der Waals surface area contributed by atoms with E-state index in [-0.39, 0.29) is 12.0 Å². The Labute approximate surface area is 153 Å². The highest BCUT2D eigenvalue weighted by Gasteiger charge is 2.28. The molecule has 2 amide bonds. The normalized spacial score (nSPS) is 18.1. The zero-order valence-corrected chi connectivity index (χ0v) is 15.8. The van der Waals surface area contributed by atoms with Crippen LogP contribution in [0.3, 0.4) is 0 Å². The number of hydrogen-bond acceptors (Lipinski definition) is 3. The first kappa shape index (κ1) is 18.1. The van der Waals surface area contributed by atoms with Crippen molar-refractivity contribution in [1.29, 1.82) is 0 Å². The maximum Gasteiger partial charge on any atom is 0.410 e. The van der Waals surface area contributed by atoms with Gasteiger partial charge in [-0.3, -0.25) is 4.79 Å². The molecule has 0 unspecified atom stereocenters. The summed E-state index contributed by atoms with van der Waals surface area (Å²) < 4.78 is 5.44. The summed E-state index contributed by atoms with van der Waals surface area (Å²) in [6, 6.07) is 3.99. The van der Waals surface area contributed by atoms with Gasteiger partial charge in [-0.1, -0.05) is 17.7 Å². The lowest BCUT2D eigenvalue weighted by atomic mass is 9.89. The maximum atomic E-state index is 12.1. The Morgan fingerprint density at radius 2 is 2.00 bits per heavy atom. The Kier molecular flexibility index (Phi) is 4.96. The summed E-state index contributed by atoms with van der Waals surface area (Å²) in [6.07, 6.45) is 2.59. The van der Waals surface area contributed by atoms with Crippen molar-refractivity contribution in [3.05, 3.63) is 33.8 Å². The van der Waals surface area contributed by atoms with Gasteiger partial charge in [0.15, 0.2) is 0 Å². The molecule has 0 atom stereocenters. The molecule has 136 valence electrons. The van der Waals surface area contributed by atoms with E-state index in [1.165, 1.54) is 0 Å². The quantitative estimate of drug-likeness (QED) is 0.868. The minimum absolute atomic E-state index is 0.0859. The molecule has 1 saturated heterocycles. The Bertz CT molecular complexity index is 689. The summed E-state index contributed by atoms with van der Waals surface area (Å²) >= 11 is 6.28. The number of halogens is 1. The van der Waals surface area contributed by atoms with E-state index in [2.05, 4.69) is 11.4 Å². The topological polar surface area (TPSA) is 58.6 Å². The van der Waals surface area contributed by atoms with Crippen molar-refractivity contribution in [2.24, 2.45) is 5.92 Å². The van der Waals surface area contributed by atoms with Crippen LogP contribution in [-0.2, 0) is 17.7 Å². The number of hydrogen-bond donors (Lipinski definition) is 1. The van der Waals surface area contributed by atoms with Gasteiger partial charge in [-0.05, 0) is 63.1 Å². The van der Waals surface area contributed by atoms with Crippen molar-refractivity contribution < 1.29 is 14.3 Å². The van der Waals surface area contributed by atoms with Gasteiger partial charge in [-0.2, -0.15) is 0 Å². The Morgan fingerprint density at radius 3 is 2.64 bits per heavy atom. The van der Waals surface area contributed by atoms with E-state index in [4.69, 9.17) is 16.3 Å². The number of carbonyl (C=O) groups excluding carboxylic acids is 2. The molecule has 1 aromatic carbocycles. The Morgan fingerprint density at radius 1 is 1.32 bits per heavy atom. The van der Waals surface area contributed by atoms with Crippen molar-refractivity contribution in [3.8, 4) is 0 Å². The van der Waals surface area contributed by atoms with E-state index in [0.29, 0.717) is 23.0 Å². The lowest BCUT2D eigenvalue weighted by Crippen LogP contribution is -2.42. The van der Waals surface area contributed by atoms with Crippen molar-refractivity contribution in [2.75, 3.05) is 13.1 Å². The van der Waals surface area contributed by atoms with Gasteiger partial charge < -0.3 is 15.0 Å². The van der Waals surface area contributed by atoms with Crippen molar-refractivity contribution >= 4 is 23.6 Å². The average Bonchev–Trinajstić information content (AvgIpc) is 2.88.